The van der Waals surface area contributed by atoms with Crippen molar-refractivity contribution in [2.75, 3.05) is 4.90 Å². The fourth-order valence-corrected chi connectivity index (χ4v) is 9.28. The highest BCUT2D eigenvalue weighted by atomic mass is 16.3. The van der Waals surface area contributed by atoms with Crippen LogP contribution in [0.2, 0.25) is 0 Å². The fourth-order valence-electron chi connectivity index (χ4n) is 9.28. The van der Waals surface area contributed by atoms with E-state index in [1.54, 1.807) is 0 Å². The summed E-state index contributed by atoms with van der Waals surface area (Å²) in [5, 5.41) is 9.77. The lowest BCUT2D eigenvalue weighted by molar-refractivity contribution is 0.669. The van der Waals surface area contributed by atoms with Gasteiger partial charge in [0.25, 0.3) is 0 Å². The summed E-state index contributed by atoms with van der Waals surface area (Å²) >= 11 is 0. The van der Waals surface area contributed by atoms with Crippen molar-refractivity contribution in [3.05, 3.63) is 237 Å². The summed E-state index contributed by atoms with van der Waals surface area (Å²) in [6, 6.07) is 85.7. The van der Waals surface area contributed by atoms with Crippen LogP contribution >= 0.6 is 0 Å². The van der Waals surface area contributed by atoms with Gasteiger partial charge in [-0.3, -0.25) is 0 Å². The Bertz CT molecular complexity index is 3640. The molecule has 0 saturated carbocycles. The molecule has 1 aromatic heterocycles. The Hall–Kier alpha value is -8.20. The Balaban J connectivity index is 1.02. The third-order valence-electron chi connectivity index (χ3n) is 12.4. The molecule has 0 N–H and O–H groups in total. The van der Waals surface area contributed by atoms with E-state index in [1.807, 2.05) is 12.1 Å². The molecule has 290 valence electrons. The van der Waals surface area contributed by atoms with E-state index < -0.39 is 0 Å². The summed E-state index contributed by atoms with van der Waals surface area (Å²) in [5.41, 5.74) is 14.2. The van der Waals surface area contributed by atoms with E-state index in [2.05, 4.69) is 229 Å². The van der Waals surface area contributed by atoms with Crippen molar-refractivity contribution in [1.82, 2.24) is 0 Å². The summed E-state index contributed by atoms with van der Waals surface area (Å²) in [7, 11) is 0. The summed E-state index contributed by atoms with van der Waals surface area (Å²) in [4.78, 5) is 2.42. The second kappa shape index (κ2) is 14.8. The van der Waals surface area contributed by atoms with Crippen molar-refractivity contribution < 1.29 is 4.42 Å². The zero-order valence-corrected chi connectivity index (χ0v) is 33.9. The molecule has 0 aliphatic heterocycles. The fraction of sp³-hybridized carbons (Fsp3) is 0. The molecule has 11 aromatic carbocycles. The van der Waals surface area contributed by atoms with Crippen LogP contribution in [0.25, 0.3) is 98.8 Å². The van der Waals surface area contributed by atoms with Crippen molar-refractivity contribution in [1.29, 1.82) is 0 Å². The first kappa shape index (κ1) is 35.7. The van der Waals surface area contributed by atoms with E-state index in [-0.39, 0.29) is 0 Å². The number of hydrogen-bond acceptors (Lipinski definition) is 2. The lowest BCUT2D eigenvalue weighted by Gasteiger charge is -2.29. The molecule has 0 aliphatic rings. The predicted octanol–water partition coefficient (Wildman–Crippen LogP) is 17.2. The molecule has 1 heterocycles. The van der Waals surface area contributed by atoms with Gasteiger partial charge in [-0.15, -0.1) is 0 Å². The highest BCUT2D eigenvalue weighted by Crippen LogP contribution is 2.45. The number of anilines is 3. The summed E-state index contributed by atoms with van der Waals surface area (Å²) < 4.78 is 6.36. The standard InChI is InChI=1S/C60H39NO/c1-2-12-42(13-3-1)55-33-28-48(47-23-21-40-11-4-5-15-44(40)35-47)38-58(55)61(52-17-10-16-45(37-52)49-29-34-57-56-19-8-9-20-59(56)62-60(57)39-49)51-30-25-41(26-31-51)46-27-32-54-50(36-46)24-22-43-14-6-7-18-53(43)54/h1-39H. The van der Waals surface area contributed by atoms with Crippen molar-refractivity contribution in [2.45, 2.75) is 0 Å². The van der Waals surface area contributed by atoms with Crippen LogP contribution in [0, 0.1) is 0 Å². The van der Waals surface area contributed by atoms with Gasteiger partial charge >= 0.3 is 0 Å². The number of furan rings is 1. The molecule has 0 saturated heterocycles. The molecular weight excluding hydrogens is 751 g/mol. The third kappa shape index (κ3) is 6.29. The Labute approximate surface area is 360 Å². The minimum atomic E-state index is 0.887. The first-order valence-corrected chi connectivity index (χ1v) is 21.2. The molecule has 0 aliphatic carbocycles. The van der Waals surface area contributed by atoms with E-state index in [4.69, 9.17) is 4.42 Å². The van der Waals surface area contributed by atoms with Gasteiger partial charge < -0.3 is 9.32 Å². The zero-order chi connectivity index (χ0) is 41.0. The van der Waals surface area contributed by atoms with Gasteiger partial charge in [0, 0.05) is 27.7 Å². The quantitative estimate of drug-likeness (QED) is 0.150. The van der Waals surface area contributed by atoms with Crippen molar-refractivity contribution in [2.24, 2.45) is 0 Å². The lowest BCUT2D eigenvalue weighted by atomic mass is 9.95. The molecule has 2 nitrogen and oxygen atoms in total. The molecule has 0 unspecified atom stereocenters. The van der Waals surface area contributed by atoms with E-state index in [0.29, 0.717) is 0 Å². The Morgan fingerprint density at radius 3 is 1.68 bits per heavy atom. The molecular formula is C60H39NO. The predicted molar refractivity (Wildman–Crippen MR) is 263 cm³/mol. The van der Waals surface area contributed by atoms with Gasteiger partial charge in [0.1, 0.15) is 11.2 Å². The number of rotatable bonds is 7. The van der Waals surface area contributed by atoms with Gasteiger partial charge in [-0.25, -0.2) is 0 Å². The third-order valence-corrected chi connectivity index (χ3v) is 12.4. The van der Waals surface area contributed by atoms with Crippen LogP contribution in [0.15, 0.2) is 241 Å². The van der Waals surface area contributed by atoms with Gasteiger partial charge in [-0.2, -0.15) is 0 Å². The number of benzene rings is 11. The van der Waals surface area contributed by atoms with Crippen molar-refractivity contribution >= 4 is 71.3 Å². The van der Waals surface area contributed by atoms with E-state index in [0.717, 1.165) is 66.8 Å². The van der Waals surface area contributed by atoms with Gasteiger partial charge in [-0.1, -0.05) is 176 Å². The minimum absolute atomic E-state index is 0.887. The number of para-hydroxylation sites is 1. The van der Waals surface area contributed by atoms with E-state index >= 15 is 0 Å². The maximum absolute atomic E-state index is 6.36. The number of nitrogens with zero attached hydrogens (tertiary/aromatic N) is 1. The Morgan fingerprint density at radius 1 is 0.258 bits per heavy atom. The highest BCUT2D eigenvalue weighted by Gasteiger charge is 2.20. The normalized spacial score (nSPS) is 11.5. The largest absolute Gasteiger partial charge is 0.456 e. The summed E-state index contributed by atoms with van der Waals surface area (Å²) in [5.74, 6) is 0. The number of fused-ring (bicyclic) bond motifs is 7. The van der Waals surface area contributed by atoms with Crippen LogP contribution in [0.5, 0.6) is 0 Å². The zero-order valence-electron chi connectivity index (χ0n) is 33.9. The molecule has 0 bridgehead atoms. The smallest absolute Gasteiger partial charge is 0.136 e. The maximum Gasteiger partial charge on any atom is 0.136 e. The SMILES string of the molecule is c1ccc(-c2ccc(-c3ccc4ccccc4c3)cc2N(c2ccc(-c3ccc4c(ccc5ccccc54)c3)cc2)c2cccc(-c3ccc4c(c3)oc3ccccc34)c2)cc1. The second-order valence-electron chi connectivity index (χ2n) is 16.1. The molecule has 62 heavy (non-hydrogen) atoms. The first-order valence-electron chi connectivity index (χ1n) is 21.2. The molecule has 0 radical (unpaired) electrons. The molecule has 2 heteroatoms. The topological polar surface area (TPSA) is 16.4 Å². The van der Waals surface area contributed by atoms with Gasteiger partial charge in [-0.05, 0) is 132 Å². The van der Waals surface area contributed by atoms with Crippen molar-refractivity contribution in [3.8, 4) is 44.5 Å². The maximum atomic E-state index is 6.36. The second-order valence-corrected chi connectivity index (χ2v) is 16.1. The van der Waals surface area contributed by atoms with Gasteiger partial charge in [0.05, 0.1) is 5.69 Å². The van der Waals surface area contributed by atoms with Crippen LogP contribution in [0.4, 0.5) is 17.1 Å². The van der Waals surface area contributed by atoms with E-state index in [9.17, 15) is 0 Å². The first-order chi connectivity index (χ1) is 30.7. The van der Waals surface area contributed by atoms with Gasteiger partial charge in [0.2, 0.25) is 0 Å². The molecule has 12 aromatic rings. The van der Waals surface area contributed by atoms with Crippen LogP contribution in [-0.2, 0) is 0 Å². The number of hydrogen-bond donors (Lipinski definition) is 0. The lowest BCUT2D eigenvalue weighted by Crippen LogP contribution is -2.11. The van der Waals surface area contributed by atoms with Crippen LogP contribution in [0.3, 0.4) is 0 Å². The molecule has 12 rings (SSSR count). The van der Waals surface area contributed by atoms with Gasteiger partial charge in [0.15, 0.2) is 0 Å². The highest BCUT2D eigenvalue weighted by molar-refractivity contribution is 6.09. The van der Waals surface area contributed by atoms with Crippen LogP contribution in [-0.4, -0.2) is 0 Å². The Morgan fingerprint density at radius 2 is 0.806 bits per heavy atom. The molecule has 0 amide bonds. The van der Waals surface area contributed by atoms with Crippen LogP contribution < -0.4 is 4.90 Å². The Kier molecular flexibility index (Phi) is 8.53. The average molecular weight is 790 g/mol. The van der Waals surface area contributed by atoms with Crippen molar-refractivity contribution in [3.63, 3.8) is 0 Å². The van der Waals surface area contributed by atoms with E-state index in [1.165, 1.54) is 49.0 Å². The minimum Gasteiger partial charge on any atom is -0.456 e. The monoisotopic (exact) mass is 789 g/mol. The summed E-state index contributed by atoms with van der Waals surface area (Å²) in [6.07, 6.45) is 0. The molecule has 0 fully saturated rings. The average Bonchev–Trinajstić information content (AvgIpc) is 3.72. The molecule has 0 spiro atoms. The molecule has 0 atom stereocenters. The summed E-state index contributed by atoms with van der Waals surface area (Å²) in [6.45, 7) is 0. The van der Waals surface area contributed by atoms with Crippen LogP contribution in [0.1, 0.15) is 0 Å².